The summed E-state index contributed by atoms with van der Waals surface area (Å²) in [5, 5.41) is 4.05. The van der Waals surface area contributed by atoms with Gasteiger partial charge in [0, 0.05) is 6.04 Å². The van der Waals surface area contributed by atoms with E-state index in [1.54, 1.807) is 0 Å². The molecule has 2 nitrogen and oxygen atoms in total. The summed E-state index contributed by atoms with van der Waals surface area (Å²) < 4.78 is 0. The second-order valence-electron chi connectivity index (χ2n) is 5.19. The van der Waals surface area contributed by atoms with Crippen LogP contribution >= 0.6 is 24.0 Å². The van der Waals surface area contributed by atoms with Crippen molar-refractivity contribution in [1.82, 2.24) is 5.32 Å². The quantitative estimate of drug-likeness (QED) is 0.456. The fraction of sp³-hybridized carbons (Fsp3) is 0.923. The minimum Gasteiger partial charge on any atom is -0.358 e. The van der Waals surface area contributed by atoms with Crippen molar-refractivity contribution in [3.8, 4) is 0 Å². The zero-order valence-electron chi connectivity index (χ0n) is 10.5. The predicted octanol–water partition coefficient (Wildman–Crippen LogP) is 4.26. The van der Waals surface area contributed by atoms with Crippen molar-refractivity contribution in [3.63, 3.8) is 0 Å². The SMILES string of the molecule is Cl.ClC(=NC1CCCCC1)NC1CCCCC1. The molecule has 100 valence electrons. The maximum atomic E-state index is 6.19. The number of nitrogens with one attached hydrogen (secondary N) is 1. The monoisotopic (exact) mass is 278 g/mol. The van der Waals surface area contributed by atoms with Gasteiger partial charge in [-0.25, -0.2) is 0 Å². The molecular weight excluding hydrogens is 255 g/mol. The molecule has 2 aliphatic rings. The van der Waals surface area contributed by atoms with Crippen molar-refractivity contribution in [1.29, 1.82) is 0 Å². The van der Waals surface area contributed by atoms with Gasteiger partial charge in [-0.3, -0.25) is 4.99 Å². The fourth-order valence-corrected chi connectivity index (χ4v) is 3.12. The third kappa shape index (κ3) is 5.48. The normalized spacial score (nSPS) is 24.2. The van der Waals surface area contributed by atoms with Crippen LogP contribution in [0.3, 0.4) is 0 Å². The number of hydrogen-bond donors (Lipinski definition) is 1. The van der Waals surface area contributed by atoms with E-state index >= 15 is 0 Å². The van der Waals surface area contributed by atoms with E-state index in [1.807, 2.05) is 0 Å². The maximum absolute atomic E-state index is 6.19. The van der Waals surface area contributed by atoms with Crippen molar-refractivity contribution in [2.45, 2.75) is 76.3 Å². The number of nitrogens with zero attached hydrogens (tertiary/aromatic N) is 1. The van der Waals surface area contributed by atoms with Gasteiger partial charge in [0.1, 0.15) is 0 Å². The molecule has 0 heterocycles. The number of rotatable bonds is 2. The molecule has 0 spiro atoms. The van der Waals surface area contributed by atoms with Gasteiger partial charge in [-0.05, 0) is 37.3 Å². The van der Waals surface area contributed by atoms with Gasteiger partial charge >= 0.3 is 0 Å². The highest BCUT2D eigenvalue weighted by Crippen LogP contribution is 2.21. The molecule has 2 fully saturated rings. The van der Waals surface area contributed by atoms with Crippen molar-refractivity contribution >= 4 is 29.3 Å². The molecule has 0 atom stereocenters. The van der Waals surface area contributed by atoms with Gasteiger partial charge < -0.3 is 5.32 Å². The molecule has 1 N–H and O–H groups in total. The average Bonchev–Trinajstić information content (AvgIpc) is 2.31. The molecule has 0 aromatic heterocycles. The van der Waals surface area contributed by atoms with Crippen LogP contribution in [-0.2, 0) is 0 Å². The zero-order chi connectivity index (χ0) is 11.2. The standard InChI is InChI=1S/C13H23ClN2.ClH/c14-13(15-11-7-3-1-4-8-11)16-12-9-5-2-6-10-12;/h11-12H,1-10H2,(H,15,16);1H. The largest absolute Gasteiger partial charge is 0.358 e. The Labute approximate surface area is 116 Å². The molecule has 0 saturated heterocycles. The van der Waals surface area contributed by atoms with Crippen LogP contribution in [0, 0.1) is 0 Å². The molecule has 0 unspecified atom stereocenters. The molecule has 2 rings (SSSR count). The Balaban J connectivity index is 0.00000144. The molecular formula is C13H24Cl2N2. The summed E-state index contributed by atoms with van der Waals surface area (Å²) in [4.78, 5) is 4.60. The van der Waals surface area contributed by atoms with Crippen molar-refractivity contribution in [2.24, 2.45) is 4.99 Å². The minimum absolute atomic E-state index is 0. The molecule has 0 aromatic carbocycles. The van der Waals surface area contributed by atoms with Gasteiger partial charge in [-0.15, -0.1) is 12.4 Å². The van der Waals surface area contributed by atoms with E-state index in [2.05, 4.69) is 10.3 Å². The van der Waals surface area contributed by atoms with E-state index in [0.717, 1.165) is 0 Å². The van der Waals surface area contributed by atoms with Crippen LogP contribution < -0.4 is 5.32 Å². The molecule has 2 aliphatic carbocycles. The lowest BCUT2D eigenvalue weighted by Gasteiger charge is -2.24. The van der Waals surface area contributed by atoms with Crippen molar-refractivity contribution in [3.05, 3.63) is 0 Å². The molecule has 0 aliphatic heterocycles. The Morgan fingerprint density at radius 1 is 0.882 bits per heavy atom. The molecule has 0 amide bonds. The van der Waals surface area contributed by atoms with Crippen LogP contribution in [0.2, 0.25) is 0 Å². The van der Waals surface area contributed by atoms with Crippen LogP contribution in [0.1, 0.15) is 64.2 Å². The highest BCUT2D eigenvalue weighted by Gasteiger charge is 2.16. The molecule has 17 heavy (non-hydrogen) atoms. The Kier molecular flexibility index (Phi) is 7.29. The third-order valence-electron chi connectivity index (χ3n) is 3.80. The van der Waals surface area contributed by atoms with Gasteiger partial charge in [-0.1, -0.05) is 38.5 Å². The summed E-state index contributed by atoms with van der Waals surface area (Å²) in [5.41, 5.74) is 0. The van der Waals surface area contributed by atoms with Crippen molar-refractivity contribution in [2.75, 3.05) is 0 Å². The second kappa shape index (κ2) is 8.20. The third-order valence-corrected chi connectivity index (χ3v) is 4.01. The summed E-state index contributed by atoms with van der Waals surface area (Å²) in [6.07, 6.45) is 13.0. The molecule has 0 aromatic rings. The summed E-state index contributed by atoms with van der Waals surface area (Å²) in [6, 6.07) is 1.06. The van der Waals surface area contributed by atoms with E-state index in [9.17, 15) is 0 Å². The Morgan fingerprint density at radius 3 is 2.00 bits per heavy atom. The number of aliphatic imine (C=N–C) groups is 1. The first-order valence-electron chi connectivity index (χ1n) is 6.84. The lowest BCUT2D eigenvalue weighted by molar-refractivity contribution is 0.410. The van der Waals surface area contributed by atoms with Crippen molar-refractivity contribution < 1.29 is 0 Å². The number of hydrogen-bond acceptors (Lipinski definition) is 1. The highest BCUT2D eigenvalue weighted by molar-refractivity contribution is 6.64. The smallest absolute Gasteiger partial charge is 0.191 e. The average molecular weight is 279 g/mol. The first-order valence-corrected chi connectivity index (χ1v) is 7.22. The maximum Gasteiger partial charge on any atom is 0.191 e. The number of amidine groups is 1. The molecule has 0 radical (unpaired) electrons. The van der Waals surface area contributed by atoms with E-state index < -0.39 is 0 Å². The van der Waals surface area contributed by atoms with Crippen LogP contribution in [0.5, 0.6) is 0 Å². The fourth-order valence-electron chi connectivity index (χ4n) is 2.82. The summed E-state index contributed by atoms with van der Waals surface area (Å²) in [7, 11) is 0. The lowest BCUT2D eigenvalue weighted by Crippen LogP contribution is -2.34. The molecule has 0 bridgehead atoms. The topological polar surface area (TPSA) is 24.4 Å². The van der Waals surface area contributed by atoms with Gasteiger partial charge in [-0.2, -0.15) is 0 Å². The summed E-state index contributed by atoms with van der Waals surface area (Å²) >= 11 is 6.19. The minimum atomic E-state index is 0. The summed E-state index contributed by atoms with van der Waals surface area (Å²) in [6.45, 7) is 0. The van der Waals surface area contributed by atoms with E-state index in [4.69, 9.17) is 11.6 Å². The number of halogens is 2. The Morgan fingerprint density at radius 2 is 1.41 bits per heavy atom. The lowest BCUT2D eigenvalue weighted by atomic mass is 9.95. The Hall–Kier alpha value is 0.0500. The van der Waals surface area contributed by atoms with E-state index in [1.165, 1.54) is 64.2 Å². The van der Waals surface area contributed by atoms with Gasteiger partial charge in [0.2, 0.25) is 0 Å². The van der Waals surface area contributed by atoms with Crippen LogP contribution in [-0.4, -0.2) is 17.4 Å². The highest BCUT2D eigenvalue weighted by atomic mass is 35.5. The Bertz CT molecular complexity index is 232. The van der Waals surface area contributed by atoms with E-state index in [0.29, 0.717) is 17.4 Å². The molecule has 4 heteroatoms. The van der Waals surface area contributed by atoms with Crippen LogP contribution in [0.25, 0.3) is 0 Å². The second-order valence-corrected chi connectivity index (χ2v) is 5.55. The van der Waals surface area contributed by atoms with Crippen LogP contribution in [0.15, 0.2) is 4.99 Å². The van der Waals surface area contributed by atoms with Gasteiger partial charge in [0.15, 0.2) is 5.29 Å². The first-order chi connectivity index (χ1) is 7.84. The van der Waals surface area contributed by atoms with E-state index in [-0.39, 0.29) is 12.4 Å². The summed E-state index contributed by atoms with van der Waals surface area (Å²) in [5.74, 6) is 0. The van der Waals surface area contributed by atoms with Gasteiger partial charge in [0.05, 0.1) is 6.04 Å². The zero-order valence-corrected chi connectivity index (χ0v) is 12.0. The predicted molar refractivity (Wildman–Crippen MR) is 77.4 cm³/mol. The van der Waals surface area contributed by atoms with Gasteiger partial charge in [0.25, 0.3) is 0 Å². The van der Waals surface area contributed by atoms with Crippen LogP contribution in [0.4, 0.5) is 0 Å². The first kappa shape index (κ1) is 15.1. The molecule has 2 saturated carbocycles.